The molecule has 0 saturated heterocycles. The maximum atomic E-state index is 6.02. The summed E-state index contributed by atoms with van der Waals surface area (Å²) in [4.78, 5) is 4.27. The van der Waals surface area contributed by atoms with Crippen molar-refractivity contribution in [3.63, 3.8) is 0 Å². The van der Waals surface area contributed by atoms with Crippen LogP contribution in [0, 0.1) is 0 Å². The number of benzene rings is 1. The van der Waals surface area contributed by atoms with Crippen molar-refractivity contribution in [2.75, 3.05) is 5.32 Å². The molecule has 1 atom stereocenters. The van der Waals surface area contributed by atoms with Crippen molar-refractivity contribution in [2.45, 2.75) is 13.0 Å². The lowest BCUT2D eigenvalue weighted by molar-refractivity contribution is 0.849. The fourth-order valence-corrected chi connectivity index (χ4v) is 2.56. The molecule has 84 valence electrons. The lowest BCUT2D eigenvalue weighted by Gasteiger charge is -2.14. The van der Waals surface area contributed by atoms with Crippen molar-refractivity contribution in [3.8, 4) is 0 Å². The predicted molar refractivity (Wildman–Crippen MR) is 73.3 cm³/mol. The molecule has 1 aromatic heterocycles. The molecule has 1 unspecified atom stereocenters. The largest absolute Gasteiger partial charge is 0.376 e. The molecule has 0 aliphatic heterocycles. The molecule has 16 heavy (non-hydrogen) atoms. The summed E-state index contributed by atoms with van der Waals surface area (Å²) in [6, 6.07) is 5.92. The summed E-state index contributed by atoms with van der Waals surface area (Å²) in [5, 5.41) is 6.11. The van der Waals surface area contributed by atoms with E-state index in [4.69, 9.17) is 11.6 Å². The van der Waals surface area contributed by atoms with Gasteiger partial charge >= 0.3 is 0 Å². The first-order valence-electron chi connectivity index (χ1n) is 4.77. The molecule has 2 aromatic rings. The lowest BCUT2D eigenvalue weighted by Crippen LogP contribution is -2.07. The number of hydrogen-bond acceptors (Lipinski definition) is 3. The van der Waals surface area contributed by atoms with Crippen molar-refractivity contribution in [1.82, 2.24) is 4.98 Å². The van der Waals surface area contributed by atoms with Gasteiger partial charge in [-0.2, -0.15) is 0 Å². The topological polar surface area (TPSA) is 24.9 Å². The number of nitrogens with one attached hydrogen (secondary N) is 1. The zero-order valence-corrected chi connectivity index (χ0v) is 11.7. The molecule has 0 aliphatic carbocycles. The minimum atomic E-state index is 0.168. The Labute approximate surface area is 112 Å². The summed E-state index contributed by atoms with van der Waals surface area (Å²) in [5.41, 5.74) is 3.85. The van der Waals surface area contributed by atoms with Gasteiger partial charge in [0.15, 0.2) is 0 Å². The maximum absolute atomic E-state index is 6.02. The second-order valence-corrected chi connectivity index (χ2v) is 5.30. The number of rotatable bonds is 3. The second-order valence-electron chi connectivity index (χ2n) is 3.38. The number of halogens is 2. The van der Waals surface area contributed by atoms with Crippen molar-refractivity contribution in [1.29, 1.82) is 0 Å². The molecule has 1 heterocycles. The van der Waals surface area contributed by atoms with E-state index in [1.165, 1.54) is 0 Å². The van der Waals surface area contributed by atoms with Gasteiger partial charge in [-0.3, -0.25) is 0 Å². The lowest BCUT2D eigenvalue weighted by atomic mass is 10.2. The zero-order chi connectivity index (χ0) is 11.5. The van der Waals surface area contributed by atoms with E-state index in [9.17, 15) is 0 Å². The third-order valence-corrected chi connectivity index (χ3v) is 4.22. The smallest absolute Gasteiger partial charge is 0.0795 e. The van der Waals surface area contributed by atoms with E-state index in [2.05, 4.69) is 33.2 Å². The molecule has 0 radical (unpaired) electrons. The summed E-state index contributed by atoms with van der Waals surface area (Å²) in [5.74, 6) is 0. The van der Waals surface area contributed by atoms with Crippen LogP contribution in [0.4, 0.5) is 5.69 Å². The van der Waals surface area contributed by atoms with E-state index in [1.54, 1.807) is 11.3 Å². The van der Waals surface area contributed by atoms with Crippen LogP contribution >= 0.6 is 38.9 Å². The number of nitrogens with zero attached hydrogens (tertiary/aromatic N) is 1. The first kappa shape index (κ1) is 11.9. The van der Waals surface area contributed by atoms with Crippen LogP contribution < -0.4 is 5.32 Å². The average molecular weight is 318 g/mol. The van der Waals surface area contributed by atoms with Crippen molar-refractivity contribution < 1.29 is 0 Å². The summed E-state index contributed by atoms with van der Waals surface area (Å²) < 4.78 is 0.888. The Balaban J connectivity index is 2.18. The highest BCUT2D eigenvalue weighted by atomic mass is 79.9. The van der Waals surface area contributed by atoms with Crippen LogP contribution in [0.1, 0.15) is 18.7 Å². The number of anilines is 1. The predicted octanol–water partition coefficient (Wildman–Crippen LogP) is 4.73. The summed E-state index contributed by atoms with van der Waals surface area (Å²) in [6.45, 7) is 2.07. The second kappa shape index (κ2) is 5.17. The normalized spacial score (nSPS) is 12.4. The van der Waals surface area contributed by atoms with Crippen molar-refractivity contribution in [2.24, 2.45) is 0 Å². The van der Waals surface area contributed by atoms with E-state index in [0.717, 1.165) is 15.9 Å². The first-order valence-corrected chi connectivity index (χ1v) is 6.88. The molecular weight excluding hydrogens is 308 g/mol. The molecule has 5 heteroatoms. The molecule has 0 saturated carbocycles. The Morgan fingerprint density at radius 2 is 2.31 bits per heavy atom. The third-order valence-electron chi connectivity index (χ3n) is 2.22. The van der Waals surface area contributed by atoms with Crippen LogP contribution in [-0.4, -0.2) is 4.98 Å². The van der Waals surface area contributed by atoms with Crippen LogP contribution in [0.5, 0.6) is 0 Å². The highest BCUT2D eigenvalue weighted by molar-refractivity contribution is 9.10. The van der Waals surface area contributed by atoms with Gasteiger partial charge in [0.2, 0.25) is 0 Å². The summed E-state index contributed by atoms with van der Waals surface area (Å²) in [6.07, 6.45) is 0. The Kier molecular flexibility index (Phi) is 3.84. The van der Waals surface area contributed by atoms with Crippen LogP contribution in [0.25, 0.3) is 0 Å². The van der Waals surface area contributed by atoms with Gasteiger partial charge in [0.25, 0.3) is 0 Å². The standard InChI is InChI=1S/C11H10BrClN2S/c1-7(10-5-16-6-14-10)15-9-4-2-3-8(13)11(9)12/h2-7,15H,1H3. The molecule has 0 bridgehead atoms. The molecule has 2 rings (SSSR count). The Bertz CT molecular complexity index is 473. The van der Waals surface area contributed by atoms with Gasteiger partial charge in [-0.25, -0.2) is 4.98 Å². The van der Waals surface area contributed by atoms with Gasteiger partial charge in [0, 0.05) is 5.38 Å². The van der Waals surface area contributed by atoms with E-state index in [1.807, 2.05) is 29.1 Å². The molecule has 0 amide bonds. The fourth-order valence-electron chi connectivity index (χ4n) is 1.36. The first-order chi connectivity index (χ1) is 7.68. The number of hydrogen-bond donors (Lipinski definition) is 1. The molecule has 1 N–H and O–H groups in total. The van der Waals surface area contributed by atoms with Crippen molar-refractivity contribution >= 4 is 44.6 Å². The SMILES string of the molecule is CC(Nc1cccc(Cl)c1Br)c1cscn1. The average Bonchev–Trinajstić information content (AvgIpc) is 2.78. The summed E-state index contributed by atoms with van der Waals surface area (Å²) in [7, 11) is 0. The molecular formula is C11H10BrClN2S. The maximum Gasteiger partial charge on any atom is 0.0795 e. The molecule has 0 aliphatic rings. The van der Waals surface area contributed by atoms with E-state index in [0.29, 0.717) is 5.02 Å². The van der Waals surface area contributed by atoms with Gasteiger partial charge in [0.1, 0.15) is 0 Å². The quantitative estimate of drug-likeness (QED) is 0.885. The van der Waals surface area contributed by atoms with E-state index in [-0.39, 0.29) is 6.04 Å². The minimum Gasteiger partial charge on any atom is -0.376 e. The van der Waals surface area contributed by atoms with Crippen LogP contribution in [-0.2, 0) is 0 Å². The highest BCUT2D eigenvalue weighted by Crippen LogP contribution is 2.32. The molecule has 1 aromatic carbocycles. The molecule has 0 spiro atoms. The Morgan fingerprint density at radius 3 is 3.00 bits per heavy atom. The van der Waals surface area contributed by atoms with Gasteiger partial charge in [-0.05, 0) is 35.0 Å². The van der Waals surface area contributed by atoms with E-state index >= 15 is 0 Å². The Morgan fingerprint density at radius 1 is 1.50 bits per heavy atom. The van der Waals surface area contributed by atoms with Gasteiger partial charge in [-0.15, -0.1) is 11.3 Å². The number of thiazole rings is 1. The van der Waals surface area contributed by atoms with Crippen molar-refractivity contribution in [3.05, 3.63) is 44.3 Å². The molecule has 2 nitrogen and oxygen atoms in total. The van der Waals surface area contributed by atoms with Gasteiger partial charge in [0.05, 0.1) is 32.4 Å². The fraction of sp³-hybridized carbons (Fsp3) is 0.182. The van der Waals surface area contributed by atoms with Gasteiger partial charge in [-0.1, -0.05) is 17.7 Å². The van der Waals surface area contributed by atoms with Crippen LogP contribution in [0.3, 0.4) is 0 Å². The zero-order valence-electron chi connectivity index (χ0n) is 8.58. The van der Waals surface area contributed by atoms with Crippen LogP contribution in [0.15, 0.2) is 33.6 Å². The Hall–Kier alpha value is -0.580. The molecule has 0 fully saturated rings. The summed E-state index contributed by atoms with van der Waals surface area (Å²) >= 11 is 11.1. The van der Waals surface area contributed by atoms with E-state index < -0.39 is 0 Å². The highest BCUT2D eigenvalue weighted by Gasteiger charge is 2.10. The number of aromatic nitrogens is 1. The third kappa shape index (κ3) is 2.56. The minimum absolute atomic E-state index is 0.168. The monoisotopic (exact) mass is 316 g/mol. The van der Waals surface area contributed by atoms with Gasteiger partial charge < -0.3 is 5.32 Å². The van der Waals surface area contributed by atoms with Crippen LogP contribution in [0.2, 0.25) is 5.02 Å².